The SMILES string of the molecule is CCOC(=O)CSCC(=O)Nc1ccc(N2CCCC2)cc1. The van der Waals surface area contributed by atoms with Crippen molar-refractivity contribution < 1.29 is 14.3 Å². The Bertz CT molecular complexity index is 499. The first-order valence-corrected chi connectivity index (χ1v) is 8.72. The van der Waals surface area contributed by atoms with E-state index < -0.39 is 0 Å². The second kappa shape index (κ2) is 8.68. The molecule has 1 aromatic rings. The average molecular weight is 322 g/mol. The van der Waals surface area contributed by atoms with Gasteiger partial charge in [0.25, 0.3) is 0 Å². The minimum Gasteiger partial charge on any atom is -0.465 e. The highest BCUT2D eigenvalue weighted by molar-refractivity contribution is 8.00. The number of rotatable bonds is 7. The average Bonchev–Trinajstić information content (AvgIpc) is 3.02. The van der Waals surface area contributed by atoms with Crippen molar-refractivity contribution in [2.24, 2.45) is 0 Å². The lowest BCUT2D eigenvalue weighted by molar-refractivity contribution is -0.139. The van der Waals surface area contributed by atoms with Crippen LogP contribution in [-0.4, -0.2) is 43.1 Å². The van der Waals surface area contributed by atoms with Crippen molar-refractivity contribution in [2.75, 3.05) is 41.4 Å². The van der Waals surface area contributed by atoms with Gasteiger partial charge in [-0.1, -0.05) is 0 Å². The highest BCUT2D eigenvalue weighted by Gasteiger charge is 2.12. The smallest absolute Gasteiger partial charge is 0.315 e. The molecule has 0 atom stereocenters. The van der Waals surface area contributed by atoms with Crippen molar-refractivity contribution in [1.29, 1.82) is 0 Å². The lowest BCUT2D eigenvalue weighted by Gasteiger charge is -2.17. The molecule has 22 heavy (non-hydrogen) atoms. The molecule has 0 bridgehead atoms. The number of esters is 1. The summed E-state index contributed by atoms with van der Waals surface area (Å²) in [7, 11) is 0. The van der Waals surface area contributed by atoms with Crippen molar-refractivity contribution in [3.8, 4) is 0 Å². The highest BCUT2D eigenvalue weighted by atomic mass is 32.2. The number of nitrogens with zero attached hydrogens (tertiary/aromatic N) is 1. The predicted octanol–water partition coefficient (Wildman–Crippen LogP) is 2.52. The molecule has 120 valence electrons. The quantitative estimate of drug-likeness (QED) is 0.782. The number of nitrogens with one attached hydrogen (secondary N) is 1. The molecule has 1 aromatic carbocycles. The molecule has 1 fully saturated rings. The molecule has 1 aliphatic heterocycles. The molecule has 0 aromatic heterocycles. The summed E-state index contributed by atoms with van der Waals surface area (Å²) in [6.07, 6.45) is 2.49. The van der Waals surface area contributed by atoms with Crippen LogP contribution in [0.5, 0.6) is 0 Å². The van der Waals surface area contributed by atoms with Crippen LogP contribution >= 0.6 is 11.8 Å². The number of hydrogen-bond donors (Lipinski definition) is 1. The summed E-state index contributed by atoms with van der Waals surface area (Å²) in [4.78, 5) is 25.3. The maximum atomic E-state index is 11.8. The maximum Gasteiger partial charge on any atom is 0.315 e. The molecule has 1 heterocycles. The molecule has 1 aliphatic rings. The molecule has 0 unspecified atom stereocenters. The van der Waals surface area contributed by atoms with Crippen molar-refractivity contribution in [2.45, 2.75) is 19.8 Å². The van der Waals surface area contributed by atoms with E-state index in [9.17, 15) is 9.59 Å². The highest BCUT2D eigenvalue weighted by Crippen LogP contribution is 2.22. The summed E-state index contributed by atoms with van der Waals surface area (Å²) in [5.41, 5.74) is 1.98. The summed E-state index contributed by atoms with van der Waals surface area (Å²) < 4.78 is 4.81. The molecule has 1 N–H and O–H groups in total. The summed E-state index contributed by atoms with van der Waals surface area (Å²) in [5, 5.41) is 2.84. The fourth-order valence-corrected chi connectivity index (χ4v) is 2.97. The summed E-state index contributed by atoms with van der Waals surface area (Å²) in [5.74, 6) is 0.0560. The van der Waals surface area contributed by atoms with Gasteiger partial charge < -0.3 is 15.0 Å². The Morgan fingerprint density at radius 1 is 1.18 bits per heavy atom. The van der Waals surface area contributed by atoms with Crippen LogP contribution in [0.3, 0.4) is 0 Å². The van der Waals surface area contributed by atoms with Gasteiger partial charge in [-0.25, -0.2) is 0 Å². The van der Waals surface area contributed by atoms with Gasteiger partial charge in [-0.05, 0) is 44.0 Å². The number of ether oxygens (including phenoxy) is 1. The molecular weight excluding hydrogens is 300 g/mol. The van der Waals surface area contributed by atoms with Gasteiger partial charge in [-0.3, -0.25) is 9.59 Å². The number of thioether (sulfide) groups is 1. The monoisotopic (exact) mass is 322 g/mol. The van der Waals surface area contributed by atoms with Crippen LogP contribution in [-0.2, 0) is 14.3 Å². The number of amides is 1. The Kier molecular flexibility index (Phi) is 6.58. The first-order chi connectivity index (χ1) is 10.7. The normalized spacial score (nSPS) is 14.0. The van der Waals surface area contributed by atoms with Crippen LogP contribution in [0.15, 0.2) is 24.3 Å². The molecule has 0 aliphatic carbocycles. The van der Waals surface area contributed by atoms with Crippen molar-refractivity contribution in [1.82, 2.24) is 0 Å². The fourth-order valence-electron chi connectivity index (χ4n) is 2.36. The van der Waals surface area contributed by atoms with Crippen LogP contribution in [0.1, 0.15) is 19.8 Å². The van der Waals surface area contributed by atoms with Crippen LogP contribution < -0.4 is 10.2 Å². The van der Waals surface area contributed by atoms with E-state index in [1.54, 1.807) is 6.92 Å². The van der Waals surface area contributed by atoms with Crippen LogP contribution in [0.4, 0.5) is 11.4 Å². The molecule has 1 amide bonds. The minimum atomic E-state index is -0.282. The van der Waals surface area contributed by atoms with E-state index >= 15 is 0 Å². The second-order valence-corrected chi connectivity index (χ2v) is 6.07. The molecule has 5 nitrogen and oxygen atoms in total. The molecule has 6 heteroatoms. The Morgan fingerprint density at radius 2 is 1.86 bits per heavy atom. The first-order valence-electron chi connectivity index (χ1n) is 7.57. The molecule has 2 rings (SSSR count). The number of carbonyl (C=O) groups excluding carboxylic acids is 2. The third-order valence-corrected chi connectivity index (χ3v) is 4.29. The van der Waals surface area contributed by atoms with Gasteiger partial charge in [0.15, 0.2) is 0 Å². The zero-order valence-electron chi connectivity index (χ0n) is 12.8. The van der Waals surface area contributed by atoms with Gasteiger partial charge in [-0.2, -0.15) is 0 Å². The summed E-state index contributed by atoms with van der Waals surface area (Å²) >= 11 is 1.26. The van der Waals surface area contributed by atoms with E-state index in [1.165, 1.54) is 30.3 Å². The van der Waals surface area contributed by atoms with E-state index in [1.807, 2.05) is 24.3 Å². The largest absolute Gasteiger partial charge is 0.465 e. The summed E-state index contributed by atoms with van der Waals surface area (Å²) in [6.45, 7) is 4.35. The Balaban J connectivity index is 1.73. The number of hydrogen-bond acceptors (Lipinski definition) is 5. The second-order valence-electron chi connectivity index (χ2n) is 5.09. The zero-order chi connectivity index (χ0) is 15.8. The number of anilines is 2. The molecular formula is C16H22N2O3S. The van der Waals surface area contributed by atoms with Crippen LogP contribution in [0.2, 0.25) is 0 Å². The Morgan fingerprint density at radius 3 is 2.50 bits per heavy atom. The third-order valence-electron chi connectivity index (χ3n) is 3.38. The standard InChI is InChI=1S/C16H22N2O3S/c1-2-21-16(20)12-22-11-15(19)17-13-5-7-14(8-6-13)18-9-3-4-10-18/h5-8H,2-4,9-12H2,1H3,(H,17,19). The maximum absolute atomic E-state index is 11.8. The van der Waals surface area contributed by atoms with E-state index in [4.69, 9.17) is 4.74 Å². The van der Waals surface area contributed by atoms with Crippen molar-refractivity contribution >= 4 is 35.0 Å². The lowest BCUT2D eigenvalue weighted by atomic mass is 10.2. The molecule has 1 saturated heterocycles. The van der Waals surface area contributed by atoms with Crippen LogP contribution in [0.25, 0.3) is 0 Å². The van der Waals surface area contributed by atoms with Gasteiger partial charge >= 0.3 is 5.97 Å². The van der Waals surface area contributed by atoms with Gasteiger partial charge in [0.05, 0.1) is 18.1 Å². The van der Waals surface area contributed by atoms with Gasteiger partial charge in [0.1, 0.15) is 0 Å². The molecule has 0 saturated carbocycles. The topological polar surface area (TPSA) is 58.6 Å². The van der Waals surface area contributed by atoms with Gasteiger partial charge in [0, 0.05) is 24.5 Å². The Labute approximate surface area is 135 Å². The number of carbonyl (C=O) groups is 2. The summed E-state index contributed by atoms with van der Waals surface area (Å²) in [6, 6.07) is 7.91. The van der Waals surface area contributed by atoms with Gasteiger partial charge in [0.2, 0.25) is 5.91 Å². The van der Waals surface area contributed by atoms with Crippen molar-refractivity contribution in [3.63, 3.8) is 0 Å². The van der Waals surface area contributed by atoms with E-state index in [0.717, 1.165) is 18.8 Å². The van der Waals surface area contributed by atoms with Crippen LogP contribution in [0, 0.1) is 0 Å². The van der Waals surface area contributed by atoms with E-state index in [-0.39, 0.29) is 23.4 Å². The molecule has 0 spiro atoms. The van der Waals surface area contributed by atoms with Gasteiger partial charge in [-0.15, -0.1) is 11.8 Å². The fraction of sp³-hybridized carbons (Fsp3) is 0.500. The van der Waals surface area contributed by atoms with E-state index in [0.29, 0.717) is 6.61 Å². The lowest BCUT2D eigenvalue weighted by Crippen LogP contribution is -2.18. The Hall–Kier alpha value is -1.69. The van der Waals surface area contributed by atoms with E-state index in [2.05, 4.69) is 10.2 Å². The zero-order valence-corrected chi connectivity index (χ0v) is 13.7. The first kappa shape index (κ1) is 16.7. The number of benzene rings is 1. The minimum absolute atomic E-state index is 0.108. The van der Waals surface area contributed by atoms with Crippen molar-refractivity contribution in [3.05, 3.63) is 24.3 Å². The third kappa shape index (κ3) is 5.26. The molecule has 0 radical (unpaired) electrons. The predicted molar refractivity (Wildman–Crippen MR) is 90.5 cm³/mol.